The molecule has 1 fully saturated rings. The highest BCUT2D eigenvalue weighted by Gasteiger charge is 2.19. The molecule has 0 saturated heterocycles. The molecule has 0 amide bonds. The van der Waals surface area contributed by atoms with Crippen LogP contribution in [0.2, 0.25) is 0 Å². The highest BCUT2D eigenvalue weighted by Crippen LogP contribution is 2.27. The average Bonchev–Trinajstić information content (AvgIpc) is 2.46. The number of hydrogen-bond acceptors (Lipinski definition) is 2. The predicted octanol–water partition coefficient (Wildman–Crippen LogP) is 4.52. The van der Waals surface area contributed by atoms with Crippen molar-refractivity contribution in [2.45, 2.75) is 51.6 Å². The molecule has 3 heteroatoms. The summed E-state index contributed by atoms with van der Waals surface area (Å²) in [6, 6.07) is 6.90. The number of ether oxygens (including phenoxy) is 1. The van der Waals surface area contributed by atoms with Crippen molar-refractivity contribution in [1.29, 1.82) is 0 Å². The fourth-order valence-electron chi connectivity index (χ4n) is 2.90. The summed E-state index contributed by atoms with van der Waals surface area (Å²) in [6.07, 6.45) is 7.02. The Hall–Kier alpha value is -0.540. The lowest BCUT2D eigenvalue weighted by Gasteiger charge is -2.28. The summed E-state index contributed by atoms with van der Waals surface area (Å²) in [4.78, 5) is 0. The molecule has 0 radical (unpaired) electrons. The van der Waals surface area contributed by atoms with Crippen LogP contribution in [0.15, 0.2) is 22.7 Å². The van der Waals surface area contributed by atoms with Crippen LogP contribution in [-0.2, 0) is 6.54 Å². The van der Waals surface area contributed by atoms with E-state index in [0.29, 0.717) is 6.04 Å². The maximum atomic E-state index is 5.25. The largest absolute Gasteiger partial charge is 0.496 e. The summed E-state index contributed by atoms with van der Waals surface area (Å²) >= 11 is 3.54. The Morgan fingerprint density at radius 2 is 2.05 bits per heavy atom. The van der Waals surface area contributed by atoms with E-state index in [2.05, 4.69) is 40.3 Å². The van der Waals surface area contributed by atoms with Gasteiger partial charge in [-0.3, -0.25) is 0 Å². The summed E-state index contributed by atoms with van der Waals surface area (Å²) in [5, 5.41) is 3.67. The van der Waals surface area contributed by atoms with Crippen molar-refractivity contribution in [3.05, 3.63) is 28.2 Å². The zero-order chi connectivity index (χ0) is 13.7. The van der Waals surface area contributed by atoms with E-state index in [1.54, 1.807) is 7.11 Å². The van der Waals surface area contributed by atoms with E-state index >= 15 is 0 Å². The molecule has 1 aliphatic rings. The number of nitrogens with one attached hydrogen (secondary N) is 1. The van der Waals surface area contributed by atoms with E-state index < -0.39 is 0 Å². The second-order valence-electron chi connectivity index (χ2n) is 5.54. The van der Waals surface area contributed by atoms with Crippen molar-refractivity contribution in [1.82, 2.24) is 5.32 Å². The first-order valence-electron chi connectivity index (χ1n) is 7.26. The Kier molecular flexibility index (Phi) is 5.71. The zero-order valence-corrected chi connectivity index (χ0v) is 13.5. The third-order valence-electron chi connectivity index (χ3n) is 4.20. The highest BCUT2D eigenvalue weighted by atomic mass is 79.9. The molecule has 2 nitrogen and oxygen atoms in total. The van der Waals surface area contributed by atoms with Gasteiger partial charge in [-0.05, 0) is 59.3 Å². The normalized spacial score (nSPS) is 18.3. The lowest BCUT2D eigenvalue weighted by Crippen LogP contribution is -2.34. The van der Waals surface area contributed by atoms with Gasteiger partial charge in [-0.25, -0.2) is 0 Å². The Balaban J connectivity index is 1.85. The SMILES string of the molecule is COc1ccc(CN[C@@H](C)C2CCCCC2)cc1Br. The van der Waals surface area contributed by atoms with Crippen LogP contribution in [0, 0.1) is 5.92 Å². The molecule has 2 rings (SSSR count). The zero-order valence-electron chi connectivity index (χ0n) is 11.9. The van der Waals surface area contributed by atoms with E-state index in [9.17, 15) is 0 Å². The summed E-state index contributed by atoms with van der Waals surface area (Å²) in [5.41, 5.74) is 1.30. The van der Waals surface area contributed by atoms with E-state index in [1.807, 2.05) is 6.07 Å². The smallest absolute Gasteiger partial charge is 0.133 e. The van der Waals surface area contributed by atoms with Gasteiger partial charge >= 0.3 is 0 Å². The van der Waals surface area contributed by atoms with Crippen LogP contribution in [0.3, 0.4) is 0 Å². The van der Waals surface area contributed by atoms with Crippen LogP contribution in [0.4, 0.5) is 0 Å². The van der Waals surface area contributed by atoms with Crippen LogP contribution >= 0.6 is 15.9 Å². The minimum absolute atomic E-state index is 0.612. The van der Waals surface area contributed by atoms with Crippen molar-refractivity contribution in [3.63, 3.8) is 0 Å². The van der Waals surface area contributed by atoms with Gasteiger partial charge in [-0.15, -0.1) is 0 Å². The molecule has 1 aromatic rings. The molecular weight excluding hydrogens is 302 g/mol. The fourth-order valence-corrected chi connectivity index (χ4v) is 3.49. The molecule has 1 N–H and O–H groups in total. The third kappa shape index (κ3) is 4.22. The van der Waals surface area contributed by atoms with Crippen molar-refractivity contribution in [2.24, 2.45) is 5.92 Å². The van der Waals surface area contributed by atoms with E-state index in [1.165, 1.54) is 37.7 Å². The molecule has 106 valence electrons. The van der Waals surface area contributed by atoms with Gasteiger partial charge in [0.15, 0.2) is 0 Å². The Bertz CT molecular complexity index is 402. The maximum absolute atomic E-state index is 5.25. The lowest BCUT2D eigenvalue weighted by molar-refractivity contribution is 0.280. The van der Waals surface area contributed by atoms with Crippen LogP contribution in [0.5, 0.6) is 5.75 Å². The number of benzene rings is 1. The molecule has 1 aromatic carbocycles. The summed E-state index contributed by atoms with van der Waals surface area (Å²) < 4.78 is 6.28. The number of halogens is 1. The van der Waals surface area contributed by atoms with Crippen LogP contribution in [0.25, 0.3) is 0 Å². The molecule has 0 spiro atoms. The first-order valence-corrected chi connectivity index (χ1v) is 8.06. The van der Waals surface area contributed by atoms with E-state index in [0.717, 1.165) is 22.7 Å². The van der Waals surface area contributed by atoms with Crippen LogP contribution in [0.1, 0.15) is 44.6 Å². The lowest BCUT2D eigenvalue weighted by atomic mass is 9.84. The number of methoxy groups -OCH3 is 1. The molecule has 0 aliphatic heterocycles. The fraction of sp³-hybridized carbons (Fsp3) is 0.625. The quantitative estimate of drug-likeness (QED) is 0.859. The summed E-state index contributed by atoms with van der Waals surface area (Å²) in [7, 11) is 1.70. The minimum atomic E-state index is 0.612. The van der Waals surface area contributed by atoms with E-state index in [-0.39, 0.29) is 0 Å². The topological polar surface area (TPSA) is 21.3 Å². The monoisotopic (exact) mass is 325 g/mol. The van der Waals surface area contributed by atoms with Gasteiger partial charge < -0.3 is 10.1 Å². The van der Waals surface area contributed by atoms with Crippen molar-refractivity contribution in [2.75, 3.05) is 7.11 Å². The Labute approximate surface area is 125 Å². The molecule has 0 aromatic heterocycles. The van der Waals surface area contributed by atoms with Crippen molar-refractivity contribution in [3.8, 4) is 5.75 Å². The molecule has 1 saturated carbocycles. The highest BCUT2D eigenvalue weighted by molar-refractivity contribution is 9.10. The molecule has 0 bridgehead atoms. The molecule has 0 heterocycles. The first-order chi connectivity index (χ1) is 9.20. The van der Waals surface area contributed by atoms with Gasteiger partial charge in [0.25, 0.3) is 0 Å². The molecule has 19 heavy (non-hydrogen) atoms. The van der Waals surface area contributed by atoms with Gasteiger partial charge in [0.1, 0.15) is 5.75 Å². The number of rotatable bonds is 5. The maximum Gasteiger partial charge on any atom is 0.133 e. The molecule has 0 unspecified atom stereocenters. The molecule has 1 atom stereocenters. The van der Waals surface area contributed by atoms with Crippen molar-refractivity contribution >= 4 is 15.9 Å². The molecule has 1 aliphatic carbocycles. The predicted molar refractivity (Wildman–Crippen MR) is 83.6 cm³/mol. The van der Waals surface area contributed by atoms with Gasteiger partial charge in [-0.2, -0.15) is 0 Å². The molecular formula is C16H24BrNO. The first kappa shape index (κ1) is 14.9. The minimum Gasteiger partial charge on any atom is -0.496 e. The van der Waals surface area contributed by atoms with Gasteiger partial charge in [0, 0.05) is 12.6 Å². The number of hydrogen-bond donors (Lipinski definition) is 1. The Morgan fingerprint density at radius 1 is 1.32 bits per heavy atom. The summed E-state index contributed by atoms with van der Waals surface area (Å²) in [5.74, 6) is 1.75. The third-order valence-corrected chi connectivity index (χ3v) is 4.82. The Morgan fingerprint density at radius 3 is 2.68 bits per heavy atom. The van der Waals surface area contributed by atoms with Crippen LogP contribution < -0.4 is 10.1 Å². The van der Waals surface area contributed by atoms with Crippen molar-refractivity contribution < 1.29 is 4.74 Å². The van der Waals surface area contributed by atoms with Gasteiger partial charge in [0.05, 0.1) is 11.6 Å². The van der Waals surface area contributed by atoms with Gasteiger partial charge in [0.2, 0.25) is 0 Å². The van der Waals surface area contributed by atoms with Crippen LogP contribution in [-0.4, -0.2) is 13.2 Å². The second kappa shape index (κ2) is 7.30. The summed E-state index contributed by atoms with van der Waals surface area (Å²) in [6.45, 7) is 3.26. The average molecular weight is 326 g/mol. The van der Waals surface area contributed by atoms with Gasteiger partial charge in [-0.1, -0.05) is 25.3 Å². The standard InChI is InChI=1S/C16H24BrNO/c1-12(14-6-4-3-5-7-14)18-11-13-8-9-16(19-2)15(17)10-13/h8-10,12,14,18H,3-7,11H2,1-2H3/t12-/m0/s1. The second-order valence-corrected chi connectivity index (χ2v) is 6.39. The van der Waals surface area contributed by atoms with E-state index in [4.69, 9.17) is 4.74 Å².